The van der Waals surface area contributed by atoms with Crippen molar-refractivity contribution in [2.24, 2.45) is 7.05 Å². The highest BCUT2D eigenvalue weighted by Crippen LogP contribution is 2.11. The lowest BCUT2D eigenvalue weighted by Gasteiger charge is -2.22. The largest absolute Gasteiger partial charge is 0.390 e. The topological polar surface area (TPSA) is 84.1 Å². The molecule has 0 radical (unpaired) electrons. The van der Waals surface area contributed by atoms with E-state index in [9.17, 15) is 10.2 Å². The summed E-state index contributed by atoms with van der Waals surface area (Å²) in [6.07, 6.45) is -0.672. The fourth-order valence-corrected chi connectivity index (χ4v) is 0.828. The Morgan fingerprint density at radius 2 is 2.15 bits per heavy atom. The van der Waals surface area contributed by atoms with Gasteiger partial charge in [0.05, 0.1) is 18.8 Å². The number of aromatic nitrogens is 4. The number of aliphatic hydroxyl groups excluding tert-OH is 1. The van der Waals surface area contributed by atoms with Gasteiger partial charge in [-0.3, -0.25) is 0 Å². The highest BCUT2D eigenvalue weighted by atomic mass is 16.3. The lowest BCUT2D eigenvalue weighted by molar-refractivity contribution is -0.0478. The van der Waals surface area contributed by atoms with Gasteiger partial charge in [-0.05, 0) is 19.1 Å². The summed E-state index contributed by atoms with van der Waals surface area (Å²) in [6, 6.07) is 0. The molecular weight excluding hydrogens is 172 g/mol. The molecule has 0 amide bonds. The van der Waals surface area contributed by atoms with E-state index in [0.29, 0.717) is 5.82 Å². The molecule has 1 rings (SSSR count). The SMILES string of the molecule is Cn1nnc(CC(O)C(C)(C)O)n1. The average Bonchev–Trinajstić information content (AvgIpc) is 2.33. The third-order valence-corrected chi connectivity index (χ3v) is 1.74. The summed E-state index contributed by atoms with van der Waals surface area (Å²) >= 11 is 0. The van der Waals surface area contributed by atoms with Gasteiger partial charge in [0.25, 0.3) is 0 Å². The zero-order valence-electron chi connectivity index (χ0n) is 7.97. The molecule has 1 atom stereocenters. The third-order valence-electron chi connectivity index (χ3n) is 1.74. The molecular formula is C7H14N4O2. The highest BCUT2D eigenvalue weighted by molar-refractivity contribution is 4.87. The smallest absolute Gasteiger partial charge is 0.177 e. The molecule has 1 heterocycles. The number of tetrazole rings is 1. The van der Waals surface area contributed by atoms with Gasteiger partial charge in [-0.2, -0.15) is 4.80 Å². The standard InChI is InChI=1S/C7H14N4O2/c1-7(2,13)5(12)4-6-8-10-11(3)9-6/h5,12-13H,4H2,1-3H3. The van der Waals surface area contributed by atoms with Crippen LogP contribution in [-0.2, 0) is 13.5 Å². The van der Waals surface area contributed by atoms with Gasteiger partial charge in [0, 0.05) is 6.42 Å². The number of nitrogens with zero attached hydrogens (tertiary/aromatic N) is 4. The van der Waals surface area contributed by atoms with Crippen molar-refractivity contribution in [1.82, 2.24) is 20.2 Å². The van der Waals surface area contributed by atoms with Gasteiger partial charge in [-0.1, -0.05) is 0 Å². The maximum atomic E-state index is 9.48. The molecule has 0 aliphatic heterocycles. The van der Waals surface area contributed by atoms with Gasteiger partial charge in [-0.25, -0.2) is 0 Å². The van der Waals surface area contributed by atoms with E-state index in [4.69, 9.17) is 0 Å². The summed E-state index contributed by atoms with van der Waals surface area (Å²) in [4.78, 5) is 1.31. The van der Waals surface area contributed by atoms with E-state index in [1.54, 1.807) is 7.05 Å². The Morgan fingerprint density at radius 1 is 1.54 bits per heavy atom. The van der Waals surface area contributed by atoms with Crippen molar-refractivity contribution in [1.29, 1.82) is 0 Å². The molecule has 0 saturated carbocycles. The van der Waals surface area contributed by atoms with E-state index < -0.39 is 11.7 Å². The zero-order valence-corrected chi connectivity index (χ0v) is 7.97. The predicted molar refractivity (Wildman–Crippen MR) is 44.8 cm³/mol. The van der Waals surface area contributed by atoms with Crippen LogP contribution < -0.4 is 0 Å². The molecule has 6 heteroatoms. The quantitative estimate of drug-likeness (QED) is 0.625. The second-order valence-electron chi connectivity index (χ2n) is 3.57. The number of aryl methyl sites for hydroxylation is 1. The van der Waals surface area contributed by atoms with Gasteiger partial charge in [0.1, 0.15) is 0 Å². The van der Waals surface area contributed by atoms with E-state index in [2.05, 4.69) is 15.4 Å². The number of hydrogen-bond donors (Lipinski definition) is 2. The minimum absolute atomic E-state index is 0.206. The van der Waals surface area contributed by atoms with Gasteiger partial charge in [-0.15, -0.1) is 10.2 Å². The van der Waals surface area contributed by atoms with Crippen LogP contribution in [-0.4, -0.2) is 42.1 Å². The van der Waals surface area contributed by atoms with Gasteiger partial charge in [0.15, 0.2) is 5.82 Å². The first kappa shape index (κ1) is 10.1. The fraction of sp³-hybridized carbons (Fsp3) is 0.857. The van der Waals surface area contributed by atoms with Crippen LogP contribution >= 0.6 is 0 Å². The van der Waals surface area contributed by atoms with Crippen LogP contribution in [0.2, 0.25) is 0 Å². The first-order valence-corrected chi connectivity index (χ1v) is 4.03. The lowest BCUT2D eigenvalue weighted by Crippen LogP contribution is -2.37. The molecule has 1 aromatic heterocycles. The third kappa shape index (κ3) is 2.74. The molecule has 0 fully saturated rings. The van der Waals surface area contributed by atoms with Crippen molar-refractivity contribution in [3.05, 3.63) is 5.82 Å². The van der Waals surface area contributed by atoms with Crippen molar-refractivity contribution in [2.75, 3.05) is 0 Å². The Hall–Kier alpha value is -1.01. The molecule has 0 spiro atoms. The Balaban J connectivity index is 2.60. The van der Waals surface area contributed by atoms with Crippen molar-refractivity contribution >= 4 is 0 Å². The molecule has 1 unspecified atom stereocenters. The minimum Gasteiger partial charge on any atom is -0.390 e. The van der Waals surface area contributed by atoms with E-state index in [1.165, 1.54) is 18.6 Å². The maximum Gasteiger partial charge on any atom is 0.177 e. The number of aliphatic hydroxyl groups is 2. The number of rotatable bonds is 3. The van der Waals surface area contributed by atoms with Crippen LogP contribution in [0.4, 0.5) is 0 Å². The molecule has 1 aromatic rings. The lowest BCUT2D eigenvalue weighted by atomic mass is 9.99. The molecule has 13 heavy (non-hydrogen) atoms. The zero-order chi connectivity index (χ0) is 10.1. The van der Waals surface area contributed by atoms with Crippen molar-refractivity contribution in [3.8, 4) is 0 Å². The van der Waals surface area contributed by atoms with Crippen molar-refractivity contribution in [2.45, 2.75) is 32.0 Å². The monoisotopic (exact) mass is 186 g/mol. The summed E-state index contributed by atoms with van der Waals surface area (Å²) in [5, 5.41) is 30.1. The second-order valence-corrected chi connectivity index (χ2v) is 3.57. The van der Waals surface area contributed by atoms with Crippen molar-refractivity contribution < 1.29 is 10.2 Å². The van der Waals surface area contributed by atoms with Gasteiger partial charge in [0.2, 0.25) is 0 Å². The maximum absolute atomic E-state index is 9.48. The van der Waals surface area contributed by atoms with Crippen molar-refractivity contribution in [3.63, 3.8) is 0 Å². The molecule has 2 N–H and O–H groups in total. The molecule has 74 valence electrons. The first-order valence-electron chi connectivity index (χ1n) is 4.03. The summed E-state index contributed by atoms with van der Waals surface area (Å²) in [6.45, 7) is 3.07. The van der Waals surface area contributed by atoms with Crippen LogP contribution in [0.5, 0.6) is 0 Å². The Labute approximate surface area is 76.2 Å². The Kier molecular flexibility index (Phi) is 2.63. The summed E-state index contributed by atoms with van der Waals surface area (Å²) in [7, 11) is 1.65. The van der Waals surface area contributed by atoms with E-state index in [0.717, 1.165) is 0 Å². The first-order chi connectivity index (χ1) is 5.89. The second kappa shape index (κ2) is 3.39. The van der Waals surface area contributed by atoms with Crippen LogP contribution in [0.25, 0.3) is 0 Å². The fourth-order valence-electron chi connectivity index (χ4n) is 0.828. The van der Waals surface area contributed by atoms with Crippen LogP contribution in [0.1, 0.15) is 19.7 Å². The van der Waals surface area contributed by atoms with E-state index in [1.807, 2.05) is 0 Å². The Morgan fingerprint density at radius 3 is 2.54 bits per heavy atom. The van der Waals surface area contributed by atoms with E-state index >= 15 is 0 Å². The highest BCUT2D eigenvalue weighted by Gasteiger charge is 2.25. The average molecular weight is 186 g/mol. The molecule has 6 nitrogen and oxygen atoms in total. The van der Waals surface area contributed by atoms with Crippen LogP contribution in [0, 0.1) is 0 Å². The summed E-state index contributed by atoms with van der Waals surface area (Å²) < 4.78 is 0. The molecule has 0 saturated heterocycles. The van der Waals surface area contributed by atoms with Crippen LogP contribution in [0.3, 0.4) is 0 Å². The van der Waals surface area contributed by atoms with Gasteiger partial charge >= 0.3 is 0 Å². The summed E-state index contributed by atoms with van der Waals surface area (Å²) in [5.41, 5.74) is -1.14. The van der Waals surface area contributed by atoms with Gasteiger partial charge < -0.3 is 10.2 Å². The molecule has 0 aliphatic carbocycles. The predicted octanol–water partition coefficient (Wildman–Crippen LogP) is -1.12. The minimum atomic E-state index is -1.14. The normalized spacial score (nSPS) is 14.5. The molecule has 0 aliphatic rings. The molecule has 0 aromatic carbocycles. The van der Waals surface area contributed by atoms with Crippen LogP contribution in [0.15, 0.2) is 0 Å². The Bertz CT molecular complexity index is 278. The van der Waals surface area contributed by atoms with E-state index in [-0.39, 0.29) is 6.42 Å². The summed E-state index contributed by atoms with van der Waals surface area (Å²) in [5.74, 6) is 0.428. The molecule has 0 bridgehead atoms. The number of hydrogen-bond acceptors (Lipinski definition) is 5.